The third kappa shape index (κ3) is 4.01. The zero-order chi connectivity index (χ0) is 24.9. The molecule has 2 aliphatic heterocycles. The highest BCUT2D eigenvalue weighted by molar-refractivity contribution is 6.01. The van der Waals surface area contributed by atoms with Crippen LogP contribution in [0.1, 0.15) is 54.6 Å². The van der Waals surface area contributed by atoms with E-state index in [1.807, 2.05) is 17.0 Å². The zero-order valence-electron chi connectivity index (χ0n) is 19.3. The molecular formula is C25H27F2N5O3. The maximum Gasteiger partial charge on any atom is 0.323 e. The van der Waals surface area contributed by atoms with E-state index in [1.54, 1.807) is 22.5 Å². The number of carbonyl (C=O) groups is 2. The summed E-state index contributed by atoms with van der Waals surface area (Å²) in [4.78, 5) is 28.7. The van der Waals surface area contributed by atoms with Crippen molar-refractivity contribution < 1.29 is 23.5 Å². The normalized spacial score (nSPS) is 24.8. The van der Waals surface area contributed by atoms with Gasteiger partial charge in [-0.25, -0.2) is 13.3 Å². The minimum Gasteiger partial charge on any atom is -0.480 e. The molecule has 3 aromatic rings. The number of aromatic nitrogens is 2. The summed E-state index contributed by atoms with van der Waals surface area (Å²) in [5.74, 6) is -2.23. The number of halogens is 2. The zero-order valence-corrected chi connectivity index (χ0v) is 19.3. The van der Waals surface area contributed by atoms with Crippen molar-refractivity contribution in [2.75, 3.05) is 18.0 Å². The molecule has 2 saturated heterocycles. The van der Waals surface area contributed by atoms with Crippen molar-refractivity contribution in [3.8, 4) is 0 Å². The maximum absolute atomic E-state index is 14.5. The van der Waals surface area contributed by atoms with Crippen LogP contribution in [0.2, 0.25) is 0 Å². The molecule has 0 bridgehead atoms. The van der Waals surface area contributed by atoms with Crippen molar-refractivity contribution in [3.05, 3.63) is 65.5 Å². The van der Waals surface area contributed by atoms with E-state index in [4.69, 9.17) is 5.73 Å². The average Bonchev–Trinajstić information content (AvgIpc) is 3.47. The first-order chi connectivity index (χ1) is 16.7. The van der Waals surface area contributed by atoms with Gasteiger partial charge in [-0.05, 0) is 62.9 Å². The molecule has 8 nitrogen and oxygen atoms in total. The molecular weight excluding hydrogens is 456 g/mol. The van der Waals surface area contributed by atoms with Crippen LogP contribution >= 0.6 is 0 Å². The summed E-state index contributed by atoms with van der Waals surface area (Å²) in [5.41, 5.74) is 6.77. The van der Waals surface area contributed by atoms with Crippen LogP contribution in [0.5, 0.6) is 0 Å². The van der Waals surface area contributed by atoms with Gasteiger partial charge in [0.25, 0.3) is 5.91 Å². The number of carbonyl (C=O) groups excluding carboxylic acids is 1. The summed E-state index contributed by atoms with van der Waals surface area (Å²) in [7, 11) is 0. The van der Waals surface area contributed by atoms with Gasteiger partial charge in [-0.15, -0.1) is 0 Å². The SMILES string of the molecule is C[C@@H]1CC(N)(C(=O)O)CCN1C(=O)c1cnn2ccc(N3CCCC3c3cc(F)ccc3F)cc12. The molecule has 5 rings (SSSR count). The Hall–Kier alpha value is -3.53. The van der Waals surface area contributed by atoms with Crippen LogP contribution in [0, 0.1) is 11.6 Å². The second kappa shape index (κ2) is 8.60. The number of hydrogen-bond donors (Lipinski definition) is 2. The molecule has 3 N–H and O–H groups in total. The van der Waals surface area contributed by atoms with Gasteiger partial charge in [-0.2, -0.15) is 5.10 Å². The summed E-state index contributed by atoms with van der Waals surface area (Å²) >= 11 is 0. The maximum atomic E-state index is 14.5. The number of likely N-dealkylation sites (tertiary alicyclic amines) is 1. The molecule has 4 heterocycles. The summed E-state index contributed by atoms with van der Waals surface area (Å²) in [6.07, 6.45) is 5.08. The second-order valence-corrected chi connectivity index (χ2v) is 9.55. The molecule has 2 aliphatic rings. The molecule has 0 spiro atoms. The third-order valence-corrected chi connectivity index (χ3v) is 7.31. The molecule has 35 heavy (non-hydrogen) atoms. The van der Waals surface area contributed by atoms with E-state index in [0.717, 1.165) is 24.2 Å². The van der Waals surface area contributed by atoms with E-state index in [1.165, 1.54) is 12.3 Å². The number of carboxylic acids is 1. The Balaban J connectivity index is 1.45. The van der Waals surface area contributed by atoms with Gasteiger partial charge in [0.2, 0.25) is 0 Å². The lowest BCUT2D eigenvalue weighted by Crippen LogP contribution is -2.59. The Morgan fingerprint density at radius 3 is 2.74 bits per heavy atom. The lowest BCUT2D eigenvalue weighted by atomic mass is 9.84. The smallest absolute Gasteiger partial charge is 0.323 e. The number of piperidine rings is 1. The molecule has 2 aromatic heterocycles. The van der Waals surface area contributed by atoms with Crippen molar-refractivity contribution in [1.82, 2.24) is 14.5 Å². The summed E-state index contributed by atoms with van der Waals surface area (Å²) in [6, 6.07) is 6.54. The number of nitrogens with two attached hydrogens (primary N) is 1. The number of fused-ring (bicyclic) bond motifs is 1. The molecule has 0 aliphatic carbocycles. The summed E-state index contributed by atoms with van der Waals surface area (Å²) in [5, 5.41) is 13.8. The lowest BCUT2D eigenvalue weighted by molar-refractivity contribution is -0.145. The molecule has 0 radical (unpaired) electrons. The number of hydrogen-bond acceptors (Lipinski definition) is 5. The number of rotatable bonds is 4. The van der Waals surface area contributed by atoms with Gasteiger partial charge in [0.15, 0.2) is 0 Å². The first-order valence-corrected chi connectivity index (χ1v) is 11.7. The molecule has 1 amide bonds. The van der Waals surface area contributed by atoms with Crippen molar-refractivity contribution in [2.24, 2.45) is 5.73 Å². The minimum atomic E-state index is -1.35. The van der Waals surface area contributed by atoms with Gasteiger partial charge in [-0.1, -0.05) is 0 Å². The predicted octanol–water partition coefficient (Wildman–Crippen LogP) is 3.36. The highest BCUT2D eigenvalue weighted by Gasteiger charge is 2.43. The number of anilines is 1. The second-order valence-electron chi connectivity index (χ2n) is 9.55. The summed E-state index contributed by atoms with van der Waals surface area (Å²) in [6.45, 7) is 2.69. The molecule has 2 fully saturated rings. The minimum absolute atomic E-state index is 0.160. The highest BCUT2D eigenvalue weighted by atomic mass is 19.1. The van der Waals surface area contributed by atoms with Crippen LogP contribution < -0.4 is 10.6 Å². The van der Waals surface area contributed by atoms with Crippen LogP contribution in [0.15, 0.2) is 42.7 Å². The fraction of sp³-hybridized carbons (Fsp3) is 0.400. The fourth-order valence-corrected chi connectivity index (χ4v) is 5.41. The van der Waals surface area contributed by atoms with E-state index in [-0.39, 0.29) is 37.4 Å². The van der Waals surface area contributed by atoms with Crippen LogP contribution in [-0.2, 0) is 4.79 Å². The Morgan fingerprint density at radius 2 is 2.00 bits per heavy atom. The van der Waals surface area contributed by atoms with Gasteiger partial charge in [0, 0.05) is 36.6 Å². The number of amides is 1. The van der Waals surface area contributed by atoms with Crippen LogP contribution in [-0.4, -0.2) is 56.2 Å². The third-order valence-electron chi connectivity index (χ3n) is 7.31. The highest BCUT2D eigenvalue weighted by Crippen LogP contribution is 2.38. The first kappa shape index (κ1) is 23.2. The monoisotopic (exact) mass is 483 g/mol. The van der Waals surface area contributed by atoms with E-state index in [0.29, 0.717) is 29.6 Å². The number of pyridine rings is 1. The van der Waals surface area contributed by atoms with E-state index in [2.05, 4.69) is 5.10 Å². The Bertz CT molecular complexity index is 1310. The Morgan fingerprint density at radius 1 is 1.20 bits per heavy atom. The van der Waals surface area contributed by atoms with Gasteiger partial charge in [0.05, 0.1) is 23.3 Å². The number of benzene rings is 1. The molecule has 0 saturated carbocycles. The largest absolute Gasteiger partial charge is 0.480 e. The molecule has 3 atom stereocenters. The van der Waals surface area contributed by atoms with Crippen molar-refractivity contribution >= 4 is 23.1 Å². The Labute approximate surface area is 200 Å². The number of aliphatic carboxylic acids is 1. The van der Waals surface area contributed by atoms with Crippen molar-refractivity contribution in [2.45, 2.75) is 50.2 Å². The van der Waals surface area contributed by atoms with Crippen LogP contribution in [0.25, 0.3) is 5.52 Å². The number of carboxylic acid groups (broad SMARTS) is 1. The van der Waals surface area contributed by atoms with Gasteiger partial charge >= 0.3 is 5.97 Å². The first-order valence-electron chi connectivity index (χ1n) is 11.7. The molecule has 10 heteroatoms. The van der Waals surface area contributed by atoms with Crippen LogP contribution in [0.3, 0.4) is 0 Å². The fourth-order valence-electron chi connectivity index (χ4n) is 5.41. The van der Waals surface area contributed by atoms with E-state index >= 15 is 0 Å². The Kier molecular flexibility index (Phi) is 5.71. The van der Waals surface area contributed by atoms with Crippen molar-refractivity contribution in [1.29, 1.82) is 0 Å². The molecule has 2 unspecified atom stereocenters. The topological polar surface area (TPSA) is 104 Å². The average molecular weight is 484 g/mol. The van der Waals surface area contributed by atoms with Gasteiger partial charge < -0.3 is 20.6 Å². The van der Waals surface area contributed by atoms with Crippen LogP contribution in [0.4, 0.5) is 14.5 Å². The standard InChI is InChI=1S/C25H27F2N5O3/c1-15-13-25(28,24(34)35)7-10-30(15)23(33)19-14-29-32-9-6-17(12-22(19)32)31-8-2-3-21(31)18-11-16(26)4-5-20(18)27/h4-6,9,11-12,14-15,21H,2-3,7-8,10,13,28H2,1H3,(H,34,35)/t15-,21?,25?/m1/s1. The number of nitrogens with zero attached hydrogens (tertiary/aromatic N) is 4. The van der Waals surface area contributed by atoms with Gasteiger partial charge in [-0.3, -0.25) is 9.59 Å². The molecule has 1 aromatic carbocycles. The quantitative estimate of drug-likeness (QED) is 0.590. The summed E-state index contributed by atoms with van der Waals surface area (Å²) < 4.78 is 30.0. The van der Waals surface area contributed by atoms with Crippen molar-refractivity contribution in [3.63, 3.8) is 0 Å². The molecule has 184 valence electrons. The lowest BCUT2D eigenvalue weighted by Gasteiger charge is -2.41. The van der Waals surface area contributed by atoms with E-state index in [9.17, 15) is 23.5 Å². The predicted molar refractivity (Wildman–Crippen MR) is 125 cm³/mol. The van der Waals surface area contributed by atoms with Gasteiger partial charge in [0.1, 0.15) is 17.2 Å². The van der Waals surface area contributed by atoms with E-state index < -0.39 is 23.1 Å².